The zero-order chi connectivity index (χ0) is 14.1. The SMILES string of the molecule is COCCN(CCO)CCC(=O)c1cccc(Cl)c1. The standard InChI is InChI=1S/C14H20ClNO3/c1-19-10-8-16(7-9-17)6-5-14(18)12-3-2-4-13(15)11-12/h2-4,11,17H,5-10H2,1H3. The Kier molecular flexibility index (Phi) is 7.67. The lowest BCUT2D eigenvalue weighted by atomic mass is 10.1. The van der Waals surface area contributed by atoms with Crippen LogP contribution in [0.15, 0.2) is 24.3 Å². The summed E-state index contributed by atoms with van der Waals surface area (Å²) < 4.78 is 5.00. The van der Waals surface area contributed by atoms with Crippen LogP contribution in [0.4, 0.5) is 0 Å². The highest BCUT2D eigenvalue weighted by Gasteiger charge is 2.10. The van der Waals surface area contributed by atoms with E-state index >= 15 is 0 Å². The van der Waals surface area contributed by atoms with Crippen molar-refractivity contribution in [2.45, 2.75) is 6.42 Å². The van der Waals surface area contributed by atoms with Gasteiger partial charge in [-0.25, -0.2) is 0 Å². The number of carbonyl (C=O) groups excluding carboxylic acids is 1. The van der Waals surface area contributed by atoms with Crippen LogP contribution in [0.2, 0.25) is 5.02 Å². The molecule has 1 rings (SSSR count). The molecule has 0 bridgehead atoms. The first-order valence-electron chi connectivity index (χ1n) is 6.28. The second-order valence-electron chi connectivity index (χ2n) is 4.24. The van der Waals surface area contributed by atoms with Crippen LogP contribution in [0.1, 0.15) is 16.8 Å². The molecule has 0 amide bonds. The largest absolute Gasteiger partial charge is 0.395 e. The van der Waals surface area contributed by atoms with Crippen LogP contribution >= 0.6 is 11.6 Å². The van der Waals surface area contributed by atoms with Crippen LogP contribution < -0.4 is 0 Å². The fourth-order valence-electron chi connectivity index (χ4n) is 1.76. The van der Waals surface area contributed by atoms with Crippen molar-refractivity contribution in [3.8, 4) is 0 Å². The van der Waals surface area contributed by atoms with Crippen molar-refractivity contribution < 1.29 is 14.6 Å². The van der Waals surface area contributed by atoms with Crippen molar-refractivity contribution in [3.63, 3.8) is 0 Å². The maximum Gasteiger partial charge on any atom is 0.164 e. The number of ketones is 1. The quantitative estimate of drug-likeness (QED) is 0.704. The van der Waals surface area contributed by atoms with Gasteiger partial charge in [0.2, 0.25) is 0 Å². The molecule has 0 aliphatic heterocycles. The van der Waals surface area contributed by atoms with Gasteiger partial charge in [-0.05, 0) is 12.1 Å². The van der Waals surface area contributed by atoms with Crippen LogP contribution in [0, 0.1) is 0 Å². The zero-order valence-electron chi connectivity index (χ0n) is 11.1. The van der Waals surface area contributed by atoms with E-state index in [0.717, 1.165) is 0 Å². The van der Waals surface area contributed by atoms with E-state index in [0.29, 0.717) is 43.2 Å². The Morgan fingerprint density at radius 1 is 1.37 bits per heavy atom. The summed E-state index contributed by atoms with van der Waals surface area (Å²) in [7, 11) is 1.63. The van der Waals surface area contributed by atoms with Gasteiger partial charge >= 0.3 is 0 Å². The second-order valence-corrected chi connectivity index (χ2v) is 4.68. The Hall–Kier alpha value is -0.940. The Morgan fingerprint density at radius 2 is 2.16 bits per heavy atom. The first-order chi connectivity index (χ1) is 9.17. The van der Waals surface area contributed by atoms with Crippen LogP contribution in [0.3, 0.4) is 0 Å². The molecule has 0 saturated carbocycles. The normalized spacial score (nSPS) is 10.9. The van der Waals surface area contributed by atoms with Gasteiger partial charge in [-0.2, -0.15) is 0 Å². The van der Waals surface area contributed by atoms with Gasteiger partial charge in [0.1, 0.15) is 0 Å². The molecule has 0 radical (unpaired) electrons. The molecule has 0 aliphatic carbocycles. The number of hydrogen-bond donors (Lipinski definition) is 1. The lowest BCUT2D eigenvalue weighted by molar-refractivity contribution is 0.0933. The van der Waals surface area contributed by atoms with Crippen LogP contribution in [-0.4, -0.2) is 55.7 Å². The molecule has 0 unspecified atom stereocenters. The van der Waals surface area contributed by atoms with Crippen molar-refractivity contribution in [1.29, 1.82) is 0 Å². The van der Waals surface area contributed by atoms with Crippen LogP contribution in [-0.2, 0) is 4.74 Å². The minimum absolute atomic E-state index is 0.0582. The zero-order valence-corrected chi connectivity index (χ0v) is 11.9. The highest BCUT2D eigenvalue weighted by molar-refractivity contribution is 6.31. The first kappa shape index (κ1) is 16.1. The molecule has 4 nitrogen and oxygen atoms in total. The first-order valence-corrected chi connectivity index (χ1v) is 6.66. The molecular formula is C14H20ClNO3. The maximum atomic E-state index is 12.0. The van der Waals surface area contributed by atoms with E-state index < -0.39 is 0 Å². The Labute approximate surface area is 118 Å². The number of carbonyl (C=O) groups is 1. The lowest BCUT2D eigenvalue weighted by Crippen LogP contribution is -2.32. The number of nitrogens with zero attached hydrogens (tertiary/aromatic N) is 1. The third-order valence-electron chi connectivity index (χ3n) is 2.83. The molecule has 0 spiro atoms. The average molecular weight is 286 g/mol. The minimum atomic E-state index is 0.0582. The van der Waals surface area contributed by atoms with Gasteiger partial charge < -0.3 is 9.84 Å². The molecule has 1 aromatic carbocycles. The third-order valence-corrected chi connectivity index (χ3v) is 3.06. The number of halogens is 1. The van der Waals surface area contributed by atoms with Crippen molar-refractivity contribution in [3.05, 3.63) is 34.9 Å². The number of rotatable bonds is 9. The molecule has 5 heteroatoms. The molecular weight excluding hydrogens is 266 g/mol. The van der Waals surface area contributed by atoms with Gasteiger partial charge in [0.05, 0.1) is 13.2 Å². The Morgan fingerprint density at radius 3 is 2.79 bits per heavy atom. The lowest BCUT2D eigenvalue weighted by Gasteiger charge is -2.20. The average Bonchev–Trinajstić information content (AvgIpc) is 2.41. The van der Waals surface area contributed by atoms with E-state index in [2.05, 4.69) is 0 Å². The van der Waals surface area contributed by atoms with Crippen LogP contribution in [0.5, 0.6) is 0 Å². The van der Waals surface area contributed by atoms with Crippen molar-refractivity contribution >= 4 is 17.4 Å². The number of methoxy groups -OCH3 is 1. The monoisotopic (exact) mass is 285 g/mol. The molecule has 1 aromatic rings. The number of ether oxygens (including phenoxy) is 1. The van der Waals surface area contributed by atoms with Crippen molar-refractivity contribution in [2.24, 2.45) is 0 Å². The topological polar surface area (TPSA) is 49.8 Å². The highest BCUT2D eigenvalue weighted by Crippen LogP contribution is 2.12. The van der Waals surface area contributed by atoms with Gasteiger partial charge in [0.15, 0.2) is 5.78 Å². The van der Waals surface area contributed by atoms with E-state index in [9.17, 15) is 4.79 Å². The fraction of sp³-hybridized carbons (Fsp3) is 0.500. The molecule has 1 N–H and O–H groups in total. The Bertz CT molecular complexity index is 398. The predicted octanol–water partition coefficient (Wildman–Crippen LogP) is 1.85. The van der Waals surface area contributed by atoms with Gasteiger partial charge in [-0.1, -0.05) is 23.7 Å². The van der Waals surface area contributed by atoms with E-state index in [1.54, 1.807) is 31.4 Å². The molecule has 0 heterocycles. The van der Waals surface area contributed by atoms with Gasteiger partial charge in [0.25, 0.3) is 0 Å². The maximum absolute atomic E-state index is 12.0. The van der Waals surface area contributed by atoms with Gasteiger partial charge in [-0.3, -0.25) is 9.69 Å². The number of benzene rings is 1. The second kappa shape index (κ2) is 9.04. The molecule has 19 heavy (non-hydrogen) atoms. The molecule has 0 fully saturated rings. The van der Waals surface area contributed by atoms with Crippen molar-refractivity contribution in [2.75, 3.05) is 40.0 Å². The molecule has 106 valence electrons. The summed E-state index contributed by atoms with van der Waals surface area (Å²) in [6.07, 6.45) is 0.407. The van der Waals surface area contributed by atoms with Gasteiger partial charge in [0, 0.05) is 43.8 Å². The van der Waals surface area contributed by atoms with E-state index in [1.807, 2.05) is 4.90 Å². The summed E-state index contributed by atoms with van der Waals surface area (Å²) in [6.45, 7) is 2.53. The molecule has 0 atom stereocenters. The number of aliphatic hydroxyl groups excluding tert-OH is 1. The third kappa shape index (κ3) is 6.16. The molecule has 0 aromatic heterocycles. The summed E-state index contributed by atoms with van der Waals surface area (Å²) in [4.78, 5) is 14.0. The van der Waals surface area contributed by atoms with E-state index in [1.165, 1.54) is 0 Å². The number of aliphatic hydroxyl groups is 1. The van der Waals surface area contributed by atoms with E-state index in [-0.39, 0.29) is 12.4 Å². The Balaban J connectivity index is 2.46. The molecule has 0 aliphatic rings. The summed E-state index contributed by atoms with van der Waals surface area (Å²) in [5.41, 5.74) is 0.628. The predicted molar refractivity (Wildman–Crippen MR) is 75.8 cm³/mol. The highest BCUT2D eigenvalue weighted by atomic mass is 35.5. The fourth-order valence-corrected chi connectivity index (χ4v) is 1.95. The molecule has 0 saturated heterocycles. The van der Waals surface area contributed by atoms with Crippen molar-refractivity contribution in [1.82, 2.24) is 4.90 Å². The smallest absolute Gasteiger partial charge is 0.164 e. The summed E-state index contributed by atoms with van der Waals surface area (Å²) in [6, 6.07) is 6.95. The number of hydrogen-bond acceptors (Lipinski definition) is 4. The summed E-state index contributed by atoms with van der Waals surface area (Å²) in [5, 5.41) is 9.54. The van der Waals surface area contributed by atoms with E-state index in [4.69, 9.17) is 21.4 Å². The summed E-state index contributed by atoms with van der Waals surface area (Å²) >= 11 is 5.86. The summed E-state index contributed by atoms with van der Waals surface area (Å²) in [5.74, 6) is 0.0582. The van der Waals surface area contributed by atoms with Crippen LogP contribution in [0.25, 0.3) is 0 Å². The number of Topliss-reactive ketones (excluding diaryl/α,β-unsaturated/α-hetero) is 1. The van der Waals surface area contributed by atoms with Gasteiger partial charge in [-0.15, -0.1) is 0 Å². The minimum Gasteiger partial charge on any atom is -0.395 e.